The van der Waals surface area contributed by atoms with Gasteiger partial charge in [-0.15, -0.1) is 0 Å². The van der Waals surface area contributed by atoms with Crippen LogP contribution in [-0.2, 0) is 52.3 Å². The summed E-state index contributed by atoms with van der Waals surface area (Å²) in [7, 11) is 1.42. The number of fused-ring (bicyclic) bond motifs is 5. The molecule has 3 aliphatic heterocycles. The molecule has 0 unspecified atom stereocenters. The number of hydrogen-bond donors (Lipinski definition) is 5. The maximum absolute atomic E-state index is 12.9. The molecule has 0 spiro atoms. The van der Waals surface area contributed by atoms with Gasteiger partial charge in [-0.2, -0.15) is 0 Å². The molecule has 0 aromatic carbocycles. The minimum absolute atomic E-state index is 0.0272. The van der Waals surface area contributed by atoms with Gasteiger partial charge in [-0.25, -0.2) is 4.79 Å². The molecule has 0 amide bonds. The summed E-state index contributed by atoms with van der Waals surface area (Å²) < 4.78 is 47.4. The minimum Gasteiger partial charge on any atom is -0.462 e. The second-order valence-electron chi connectivity index (χ2n) is 17.8. The molecule has 3 heterocycles. The molecule has 7 aliphatic rings. The number of carbonyl (C=O) groups excluding carboxylic acids is 3. The van der Waals surface area contributed by atoms with Gasteiger partial charge >= 0.3 is 17.9 Å². The average molecular weight is 797 g/mol. The van der Waals surface area contributed by atoms with Crippen LogP contribution < -0.4 is 0 Å². The first-order valence-corrected chi connectivity index (χ1v) is 20.2. The molecule has 0 bridgehead atoms. The maximum atomic E-state index is 12.9. The normalized spacial score (nSPS) is 50.2. The molecule has 0 aromatic heterocycles. The number of aliphatic hydroxyl groups is 5. The third-order valence-electron chi connectivity index (χ3n) is 15.0. The number of hydrogen-bond acceptors (Lipinski definition) is 16. The Kier molecular flexibility index (Phi) is 11.8. The Bertz CT molecular complexity index is 1520. The molecule has 4 aliphatic carbocycles. The van der Waals surface area contributed by atoms with Crippen molar-refractivity contribution in [1.29, 1.82) is 0 Å². The maximum Gasteiger partial charge on any atom is 0.331 e. The standard InChI is InChI=1S/C40H60O16/c1-18-33(56-36-32(47)31(46)30(45)27(16-41)55-36)34(49-6)35(53-20(3)43)37(51-18)54-23-9-11-38(4)22(14-23)7-8-25-24(38)10-12-39(5)29(21-13-28(44)50-17-21)26(52-19(2)42)15-40(25,39)48/h13,18,22-27,29-37,41,45-48H,7-12,14-17H2,1-6H3/t18-,22+,23-,24-,25+,26-,27+,29-,30+,31-,32+,33-,34-,35+,36-,37-,38-,39+,40-/m0/s1. The van der Waals surface area contributed by atoms with E-state index in [1.165, 1.54) is 27.0 Å². The smallest absolute Gasteiger partial charge is 0.331 e. The largest absolute Gasteiger partial charge is 0.462 e. The third-order valence-corrected chi connectivity index (χ3v) is 15.0. The van der Waals surface area contributed by atoms with E-state index in [-0.39, 0.29) is 41.8 Å². The zero-order valence-corrected chi connectivity index (χ0v) is 33.1. The Balaban J connectivity index is 1.05. The van der Waals surface area contributed by atoms with E-state index in [9.17, 15) is 39.9 Å². The van der Waals surface area contributed by atoms with Crippen LogP contribution in [0, 0.1) is 34.5 Å². The molecule has 16 nitrogen and oxygen atoms in total. The number of methoxy groups -OCH3 is 1. The van der Waals surface area contributed by atoms with Gasteiger partial charge in [0.1, 0.15) is 49.3 Å². The Hall–Kier alpha value is -2.25. The first-order chi connectivity index (χ1) is 26.4. The molecule has 0 aromatic rings. The molecule has 4 saturated carbocycles. The summed E-state index contributed by atoms with van der Waals surface area (Å²) in [5, 5.41) is 53.8. The Morgan fingerprint density at radius 3 is 2.25 bits per heavy atom. The lowest BCUT2D eigenvalue weighted by Gasteiger charge is -2.63. The quantitative estimate of drug-likeness (QED) is 0.125. The van der Waals surface area contributed by atoms with Crippen LogP contribution in [0.3, 0.4) is 0 Å². The lowest BCUT2D eigenvalue weighted by molar-refractivity contribution is -0.362. The molecule has 316 valence electrons. The van der Waals surface area contributed by atoms with Crippen molar-refractivity contribution in [2.75, 3.05) is 20.3 Å². The van der Waals surface area contributed by atoms with Crippen molar-refractivity contribution in [2.24, 2.45) is 34.5 Å². The molecule has 16 heteroatoms. The van der Waals surface area contributed by atoms with E-state index in [2.05, 4.69) is 13.8 Å². The molecule has 5 N–H and O–H groups in total. The third kappa shape index (κ3) is 7.02. The first-order valence-electron chi connectivity index (χ1n) is 20.2. The van der Waals surface area contributed by atoms with E-state index < -0.39 is 103 Å². The van der Waals surface area contributed by atoms with Crippen molar-refractivity contribution in [2.45, 2.75) is 165 Å². The van der Waals surface area contributed by atoms with Gasteiger partial charge in [-0.05, 0) is 80.6 Å². The summed E-state index contributed by atoms with van der Waals surface area (Å²) in [4.78, 5) is 36.9. The molecule has 0 radical (unpaired) electrons. The highest BCUT2D eigenvalue weighted by Crippen LogP contribution is 2.70. The predicted molar refractivity (Wildman–Crippen MR) is 191 cm³/mol. The second-order valence-corrected chi connectivity index (χ2v) is 17.8. The molecule has 56 heavy (non-hydrogen) atoms. The highest BCUT2D eigenvalue weighted by atomic mass is 16.8. The Morgan fingerprint density at radius 1 is 0.875 bits per heavy atom. The van der Waals surface area contributed by atoms with Gasteiger partial charge in [-0.1, -0.05) is 13.8 Å². The summed E-state index contributed by atoms with van der Waals surface area (Å²) in [5.41, 5.74) is -1.04. The number of aliphatic hydroxyl groups excluding tert-OH is 4. The van der Waals surface area contributed by atoms with Crippen LogP contribution in [0.25, 0.3) is 0 Å². The van der Waals surface area contributed by atoms with Gasteiger partial charge in [0, 0.05) is 44.8 Å². The fourth-order valence-electron chi connectivity index (χ4n) is 12.2. The van der Waals surface area contributed by atoms with Gasteiger partial charge in [0.15, 0.2) is 18.7 Å². The van der Waals surface area contributed by atoms with Crippen molar-refractivity contribution in [3.63, 3.8) is 0 Å². The van der Waals surface area contributed by atoms with Crippen LogP contribution in [0.1, 0.15) is 86.0 Å². The van der Waals surface area contributed by atoms with Crippen LogP contribution in [-0.4, -0.2) is 143 Å². The van der Waals surface area contributed by atoms with E-state index in [1.54, 1.807) is 6.92 Å². The zero-order valence-electron chi connectivity index (χ0n) is 33.1. The first kappa shape index (κ1) is 41.9. The number of ether oxygens (including phenoxy) is 8. The van der Waals surface area contributed by atoms with Gasteiger partial charge in [0.2, 0.25) is 0 Å². The summed E-state index contributed by atoms with van der Waals surface area (Å²) >= 11 is 0. The van der Waals surface area contributed by atoms with Crippen LogP contribution in [0.5, 0.6) is 0 Å². The van der Waals surface area contributed by atoms with E-state index in [4.69, 9.17) is 37.9 Å². The fraction of sp³-hybridized carbons (Fsp3) is 0.875. The summed E-state index contributed by atoms with van der Waals surface area (Å²) in [6.07, 6.45) is -5.76. The van der Waals surface area contributed by atoms with E-state index >= 15 is 0 Å². The minimum atomic E-state index is -1.65. The highest BCUT2D eigenvalue weighted by Gasteiger charge is 2.71. The number of cyclic esters (lactones) is 1. The van der Waals surface area contributed by atoms with Crippen molar-refractivity contribution < 1.29 is 77.8 Å². The molecule has 19 atom stereocenters. The lowest BCUT2D eigenvalue weighted by atomic mass is 9.43. The zero-order chi connectivity index (χ0) is 40.5. The van der Waals surface area contributed by atoms with Crippen LogP contribution >= 0.6 is 0 Å². The molecular formula is C40H60O16. The number of carbonyl (C=O) groups is 3. The van der Waals surface area contributed by atoms with Gasteiger partial charge < -0.3 is 63.4 Å². The molecular weight excluding hydrogens is 736 g/mol. The average Bonchev–Trinajstić information content (AvgIpc) is 3.66. The van der Waals surface area contributed by atoms with Crippen LogP contribution in [0.4, 0.5) is 0 Å². The number of rotatable bonds is 9. The van der Waals surface area contributed by atoms with E-state index in [0.717, 1.165) is 37.7 Å². The Morgan fingerprint density at radius 2 is 1.61 bits per heavy atom. The lowest BCUT2D eigenvalue weighted by Crippen LogP contribution is -2.65. The van der Waals surface area contributed by atoms with Crippen LogP contribution in [0.2, 0.25) is 0 Å². The second kappa shape index (κ2) is 15.7. The predicted octanol–water partition coefficient (Wildman–Crippen LogP) is 1.05. The summed E-state index contributed by atoms with van der Waals surface area (Å²) in [6.45, 7) is 8.31. The van der Waals surface area contributed by atoms with Crippen molar-refractivity contribution in [3.05, 3.63) is 11.6 Å². The molecule has 7 rings (SSSR count). The van der Waals surface area contributed by atoms with E-state index in [0.29, 0.717) is 19.3 Å². The monoisotopic (exact) mass is 796 g/mol. The van der Waals surface area contributed by atoms with Crippen molar-refractivity contribution >= 4 is 17.9 Å². The van der Waals surface area contributed by atoms with Crippen molar-refractivity contribution in [3.8, 4) is 0 Å². The summed E-state index contributed by atoms with van der Waals surface area (Å²) in [5.74, 6) is -1.28. The molecule has 2 saturated heterocycles. The Labute approximate surface area is 327 Å². The highest BCUT2D eigenvalue weighted by molar-refractivity contribution is 5.85. The van der Waals surface area contributed by atoms with Gasteiger partial charge in [0.25, 0.3) is 0 Å². The molecule has 6 fully saturated rings. The van der Waals surface area contributed by atoms with Gasteiger partial charge in [0.05, 0.1) is 24.4 Å². The topological polar surface area (TPSA) is 226 Å². The fourth-order valence-corrected chi connectivity index (χ4v) is 12.2. The van der Waals surface area contributed by atoms with Gasteiger partial charge in [-0.3, -0.25) is 9.59 Å². The summed E-state index contributed by atoms with van der Waals surface area (Å²) in [6, 6.07) is 0. The SMILES string of the molecule is CO[C@H]1[C@@H](O[C@@H]2O[C@H](CO)[C@@H](O)[C@H](O)[C@H]2O)[C@H](C)O[C@@H](O[C@H]2CC[C@@]3(C)[C@H](CC[C@@H]4[C@@H]3CC[C@]3(C)[C@@H](C5=CC(=O)OC5)[C@@H](OC(C)=O)C[C@]43O)C2)[C@@H]1OC(C)=O. The number of esters is 3. The van der Waals surface area contributed by atoms with E-state index in [1.807, 2.05) is 0 Å². The van der Waals surface area contributed by atoms with Crippen LogP contribution in [0.15, 0.2) is 11.6 Å². The van der Waals surface area contributed by atoms with Crippen molar-refractivity contribution in [1.82, 2.24) is 0 Å².